The first-order valence-corrected chi connectivity index (χ1v) is 8.83. The molecule has 2 saturated carbocycles. The molecule has 122 valence electrons. The lowest BCUT2D eigenvalue weighted by molar-refractivity contribution is -0.183. The molecular formula is C17H31NO3. The van der Waals surface area contributed by atoms with Crippen molar-refractivity contribution in [3.8, 4) is 0 Å². The monoisotopic (exact) mass is 297 g/mol. The maximum Gasteiger partial charge on any atom is 0.168 e. The Morgan fingerprint density at radius 3 is 2.33 bits per heavy atom. The molecule has 3 rings (SSSR count). The molecule has 1 heterocycles. The highest BCUT2D eigenvalue weighted by molar-refractivity contribution is 4.86. The van der Waals surface area contributed by atoms with Crippen molar-refractivity contribution in [2.75, 3.05) is 26.8 Å². The van der Waals surface area contributed by atoms with E-state index in [1.807, 2.05) is 0 Å². The zero-order valence-corrected chi connectivity index (χ0v) is 13.4. The average molecular weight is 297 g/mol. The van der Waals surface area contributed by atoms with Crippen LogP contribution in [-0.4, -0.2) is 54.7 Å². The molecule has 21 heavy (non-hydrogen) atoms. The third-order valence-corrected chi connectivity index (χ3v) is 5.73. The van der Waals surface area contributed by atoms with E-state index in [1.165, 1.54) is 25.7 Å². The molecule has 0 aromatic heterocycles. The third-order valence-electron chi connectivity index (χ3n) is 5.73. The van der Waals surface area contributed by atoms with Crippen molar-refractivity contribution in [2.45, 2.75) is 75.7 Å². The first-order valence-electron chi connectivity index (χ1n) is 8.83. The topological polar surface area (TPSA) is 41.9 Å². The second-order valence-electron chi connectivity index (χ2n) is 7.32. The lowest BCUT2D eigenvalue weighted by Gasteiger charge is -2.39. The maximum atomic E-state index is 10.3. The van der Waals surface area contributed by atoms with E-state index in [1.54, 1.807) is 0 Å². The summed E-state index contributed by atoms with van der Waals surface area (Å²) in [4.78, 5) is 2.36. The van der Waals surface area contributed by atoms with Gasteiger partial charge in [-0.15, -0.1) is 0 Å². The Bertz CT molecular complexity index is 314. The van der Waals surface area contributed by atoms with Crippen molar-refractivity contribution in [1.29, 1.82) is 0 Å². The highest BCUT2D eigenvalue weighted by Gasteiger charge is 2.41. The lowest BCUT2D eigenvalue weighted by atomic mass is 9.89. The van der Waals surface area contributed by atoms with E-state index in [0.29, 0.717) is 6.04 Å². The number of likely N-dealkylation sites (N-methyl/N-ethyl adjacent to an activating group) is 1. The average Bonchev–Trinajstić information content (AvgIpc) is 3.12. The fourth-order valence-corrected chi connectivity index (χ4v) is 4.46. The number of nitrogens with zero attached hydrogens (tertiary/aromatic N) is 1. The molecule has 0 bridgehead atoms. The maximum absolute atomic E-state index is 10.3. The van der Waals surface area contributed by atoms with Gasteiger partial charge in [-0.3, -0.25) is 0 Å². The standard InChI is InChI=1S/C17H31NO3/c1-18(13-16(19)12-14-4-2-3-5-14)15-6-8-17(9-7-15)20-10-11-21-17/h14-16,19H,2-13H2,1H3. The van der Waals surface area contributed by atoms with E-state index in [4.69, 9.17) is 9.47 Å². The van der Waals surface area contributed by atoms with Gasteiger partial charge in [0.15, 0.2) is 5.79 Å². The van der Waals surface area contributed by atoms with Gasteiger partial charge in [-0.05, 0) is 32.2 Å². The van der Waals surface area contributed by atoms with Gasteiger partial charge in [0, 0.05) is 25.4 Å². The molecular weight excluding hydrogens is 266 g/mol. The van der Waals surface area contributed by atoms with E-state index >= 15 is 0 Å². The number of ether oxygens (including phenoxy) is 2. The summed E-state index contributed by atoms with van der Waals surface area (Å²) in [7, 11) is 2.16. The van der Waals surface area contributed by atoms with Gasteiger partial charge < -0.3 is 19.5 Å². The quantitative estimate of drug-likeness (QED) is 0.847. The van der Waals surface area contributed by atoms with Gasteiger partial charge >= 0.3 is 0 Å². The zero-order chi connectivity index (χ0) is 14.7. The van der Waals surface area contributed by atoms with Gasteiger partial charge in [0.05, 0.1) is 19.3 Å². The van der Waals surface area contributed by atoms with Crippen LogP contribution in [0.1, 0.15) is 57.8 Å². The van der Waals surface area contributed by atoms with E-state index in [9.17, 15) is 5.11 Å². The molecule has 1 spiro atoms. The largest absolute Gasteiger partial charge is 0.392 e. The van der Waals surface area contributed by atoms with Gasteiger partial charge in [-0.2, -0.15) is 0 Å². The predicted molar refractivity (Wildman–Crippen MR) is 82.1 cm³/mol. The molecule has 1 atom stereocenters. The molecule has 0 amide bonds. The van der Waals surface area contributed by atoms with Crippen LogP contribution in [0, 0.1) is 5.92 Å². The van der Waals surface area contributed by atoms with Gasteiger partial charge in [0.1, 0.15) is 0 Å². The smallest absolute Gasteiger partial charge is 0.168 e. The van der Waals surface area contributed by atoms with Crippen LogP contribution in [0.5, 0.6) is 0 Å². The van der Waals surface area contributed by atoms with Crippen LogP contribution >= 0.6 is 0 Å². The van der Waals surface area contributed by atoms with Gasteiger partial charge in [-0.25, -0.2) is 0 Å². The number of hydrogen-bond donors (Lipinski definition) is 1. The van der Waals surface area contributed by atoms with Crippen molar-refractivity contribution in [3.63, 3.8) is 0 Å². The van der Waals surface area contributed by atoms with Gasteiger partial charge in [0.25, 0.3) is 0 Å². The number of aliphatic hydroxyl groups is 1. The van der Waals surface area contributed by atoms with E-state index in [-0.39, 0.29) is 11.9 Å². The van der Waals surface area contributed by atoms with Crippen molar-refractivity contribution in [2.24, 2.45) is 5.92 Å². The third kappa shape index (κ3) is 3.98. The van der Waals surface area contributed by atoms with Crippen molar-refractivity contribution in [3.05, 3.63) is 0 Å². The van der Waals surface area contributed by atoms with Crippen molar-refractivity contribution >= 4 is 0 Å². The Morgan fingerprint density at radius 2 is 1.71 bits per heavy atom. The summed E-state index contributed by atoms with van der Waals surface area (Å²) in [5.74, 6) is 0.503. The number of hydrogen-bond acceptors (Lipinski definition) is 4. The molecule has 0 radical (unpaired) electrons. The molecule has 0 aromatic carbocycles. The summed E-state index contributed by atoms with van der Waals surface area (Å²) in [6.07, 6.45) is 10.4. The number of aliphatic hydroxyl groups excluding tert-OH is 1. The minimum absolute atomic E-state index is 0.159. The van der Waals surface area contributed by atoms with Gasteiger partial charge in [0.2, 0.25) is 0 Å². The Kier molecular flexibility index (Phi) is 5.20. The Morgan fingerprint density at radius 1 is 1.10 bits per heavy atom. The molecule has 1 unspecified atom stereocenters. The van der Waals surface area contributed by atoms with Crippen LogP contribution < -0.4 is 0 Å². The van der Waals surface area contributed by atoms with E-state index in [2.05, 4.69) is 11.9 Å². The second-order valence-corrected chi connectivity index (χ2v) is 7.32. The minimum Gasteiger partial charge on any atom is -0.392 e. The Hall–Kier alpha value is -0.160. The normalized spacial score (nSPS) is 28.7. The van der Waals surface area contributed by atoms with Crippen molar-refractivity contribution < 1.29 is 14.6 Å². The lowest BCUT2D eigenvalue weighted by Crippen LogP contribution is -2.45. The Balaban J connectivity index is 1.40. The van der Waals surface area contributed by atoms with Crippen LogP contribution in [-0.2, 0) is 9.47 Å². The SMILES string of the molecule is CN(CC(O)CC1CCCC1)C1CCC2(CC1)OCCO2. The molecule has 1 aliphatic heterocycles. The molecule has 4 heteroatoms. The first-order chi connectivity index (χ1) is 10.2. The molecule has 0 aromatic rings. The van der Waals surface area contributed by atoms with E-state index < -0.39 is 0 Å². The molecule has 3 aliphatic rings. The first kappa shape index (κ1) is 15.7. The fraction of sp³-hybridized carbons (Fsp3) is 1.00. The van der Waals surface area contributed by atoms with Crippen LogP contribution in [0.4, 0.5) is 0 Å². The van der Waals surface area contributed by atoms with Crippen LogP contribution in [0.15, 0.2) is 0 Å². The molecule has 4 nitrogen and oxygen atoms in total. The zero-order valence-electron chi connectivity index (χ0n) is 13.4. The Labute approximate surface area is 128 Å². The number of rotatable bonds is 5. The molecule has 3 fully saturated rings. The predicted octanol–water partition coefficient (Wildman–Crippen LogP) is 2.55. The summed E-state index contributed by atoms with van der Waals surface area (Å²) in [6, 6.07) is 0.571. The summed E-state index contributed by atoms with van der Waals surface area (Å²) in [6.45, 7) is 2.32. The van der Waals surface area contributed by atoms with Gasteiger partial charge in [-0.1, -0.05) is 25.7 Å². The summed E-state index contributed by atoms with van der Waals surface area (Å²) in [5.41, 5.74) is 0. The van der Waals surface area contributed by atoms with Crippen molar-refractivity contribution in [1.82, 2.24) is 4.90 Å². The molecule has 2 aliphatic carbocycles. The molecule has 1 N–H and O–H groups in total. The van der Waals surface area contributed by atoms with E-state index in [0.717, 1.165) is 57.8 Å². The molecule has 1 saturated heterocycles. The van der Waals surface area contributed by atoms with Crippen LogP contribution in [0.2, 0.25) is 0 Å². The fourth-order valence-electron chi connectivity index (χ4n) is 4.46. The highest BCUT2D eigenvalue weighted by atomic mass is 16.7. The second kappa shape index (κ2) is 6.95. The minimum atomic E-state index is -0.264. The van der Waals surface area contributed by atoms with Crippen LogP contribution in [0.3, 0.4) is 0 Å². The summed E-state index contributed by atoms with van der Waals surface area (Å²) < 4.78 is 11.6. The highest BCUT2D eigenvalue weighted by Crippen LogP contribution is 2.37. The summed E-state index contributed by atoms with van der Waals surface area (Å²) >= 11 is 0. The summed E-state index contributed by atoms with van der Waals surface area (Å²) in [5, 5.41) is 10.3. The van der Waals surface area contributed by atoms with Crippen LogP contribution in [0.25, 0.3) is 0 Å².